The largest absolute Gasteiger partial charge is 0.395 e. The molecule has 1 aromatic rings. The number of nitriles is 1. The van der Waals surface area contributed by atoms with Crippen LogP contribution in [0.1, 0.15) is 44.6 Å². The maximum Gasteiger partial charge on any atom is 0.153 e. The van der Waals surface area contributed by atoms with Gasteiger partial charge < -0.3 is 10.6 Å². The van der Waals surface area contributed by atoms with Gasteiger partial charge in [-0.1, -0.05) is 19.8 Å². The van der Waals surface area contributed by atoms with Gasteiger partial charge >= 0.3 is 0 Å². The van der Waals surface area contributed by atoms with Gasteiger partial charge in [0.2, 0.25) is 0 Å². The smallest absolute Gasteiger partial charge is 0.153 e. The van der Waals surface area contributed by atoms with Crippen LogP contribution in [0.2, 0.25) is 0 Å². The summed E-state index contributed by atoms with van der Waals surface area (Å²) in [6.45, 7) is 3.19. The van der Waals surface area contributed by atoms with Crippen LogP contribution in [0.3, 0.4) is 0 Å². The van der Waals surface area contributed by atoms with Crippen LogP contribution in [0.25, 0.3) is 0 Å². The van der Waals surface area contributed by atoms with E-state index in [4.69, 9.17) is 11.0 Å². The quantitative estimate of drug-likeness (QED) is 0.868. The molecule has 2 N–H and O–H groups in total. The lowest BCUT2D eigenvalue weighted by Gasteiger charge is -2.31. The number of nitrogens with zero attached hydrogens (tertiary/aromatic N) is 3. The van der Waals surface area contributed by atoms with Gasteiger partial charge in [-0.2, -0.15) is 5.26 Å². The van der Waals surface area contributed by atoms with Crippen molar-refractivity contribution in [3.8, 4) is 6.07 Å². The molecule has 96 valence electrons. The summed E-state index contributed by atoms with van der Waals surface area (Å²) in [7, 11) is 0. The van der Waals surface area contributed by atoms with Crippen molar-refractivity contribution in [3.63, 3.8) is 0 Å². The number of anilines is 2. The highest BCUT2D eigenvalue weighted by atomic mass is 15.2. The molecule has 0 bridgehead atoms. The fourth-order valence-electron chi connectivity index (χ4n) is 2.67. The Morgan fingerprint density at radius 2 is 2.33 bits per heavy atom. The summed E-state index contributed by atoms with van der Waals surface area (Å²) < 4.78 is 0. The molecule has 1 saturated heterocycles. The minimum atomic E-state index is 0.497. The molecule has 18 heavy (non-hydrogen) atoms. The minimum Gasteiger partial charge on any atom is -0.395 e. The molecule has 1 fully saturated rings. The van der Waals surface area contributed by atoms with Gasteiger partial charge in [0.05, 0.1) is 11.3 Å². The summed E-state index contributed by atoms with van der Waals surface area (Å²) >= 11 is 0. The van der Waals surface area contributed by atoms with Crippen LogP contribution in [0.4, 0.5) is 11.5 Å². The van der Waals surface area contributed by atoms with E-state index in [0.29, 0.717) is 17.3 Å². The maximum atomic E-state index is 9.04. The Labute approximate surface area is 108 Å². The van der Waals surface area contributed by atoms with E-state index in [0.717, 1.165) is 18.8 Å². The van der Waals surface area contributed by atoms with Gasteiger partial charge in [-0.15, -0.1) is 0 Å². The second-order valence-electron chi connectivity index (χ2n) is 4.81. The Kier molecular flexibility index (Phi) is 4.03. The fraction of sp³-hybridized carbons (Fsp3) is 0.571. The lowest BCUT2D eigenvalue weighted by Crippen LogP contribution is -2.35. The van der Waals surface area contributed by atoms with Crippen LogP contribution >= 0.6 is 0 Å². The first-order valence-corrected chi connectivity index (χ1v) is 6.69. The van der Waals surface area contributed by atoms with Crippen molar-refractivity contribution < 1.29 is 0 Å². The molecule has 4 heteroatoms. The number of nitrogens with two attached hydrogens (primary N) is 1. The van der Waals surface area contributed by atoms with E-state index >= 15 is 0 Å². The van der Waals surface area contributed by atoms with Crippen LogP contribution < -0.4 is 10.6 Å². The lowest BCUT2D eigenvalue weighted by molar-refractivity contribution is 0.553. The highest BCUT2D eigenvalue weighted by Gasteiger charge is 2.23. The van der Waals surface area contributed by atoms with E-state index in [9.17, 15) is 0 Å². The van der Waals surface area contributed by atoms with Gasteiger partial charge in [-0.25, -0.2) is 4.98 Å². The number of hydrogen-bond acceptors (Lipinski definition) is 4. The molecule has 2 rings (SSSR count). The topological polar surface area (TPSA) is 65.9 Å². The van der Waals surface area contributed by atoms with E-state index in [-0.39, 0.29) is 0 Å². The zero-order valence-electron chi connectivity index (χ0n) is 10.9. The number of nitrogen functional groups attached to an aromatic ring is 1. The summed E-state index contributed by atoms with van der Waals surface area (Å²) in [4.78, 5) is 6.70. The Balaban J connectivity index is 2.36. The second-order valence-corrected chi connectivity index (χ2v) is 4.81. The number of aromatic nitrogens is 1. The molecule has 0 amide bonds. The minimum absolute atomic E-state index is 0.497. The third-order valence-electron chi connectivity index (χ3n) is 3.71. The SMILES string of the molecule is CCC1CCCCCN1c1nccc(C#N)c1N. The highest BCUT2D eigenvalue weighted by molar-refractivity contribution is 5.70. The Hall–Kier alpha value is -1.76. The van der Waals surface area contributed by atoms with Gasteiger partial charge in [0.1, 0.15) is 6.07 Å². The zero-order valence-corrected chi connectivity index (χ0v) is 10.9. The first-order valence-electron chi connectivity index (χ1n) is 6.69. The molecule has 0 radical (unpaired) electrons. The molecule has 1 aliphatic heterocycles. The van der Waals surface area contributed by atoms with Gasteiger partial charge in [0, 0.05) is 18.8 Å². The summed E-state index contributed by atoms with van der Waals surface area (Å²) in [6.07, 6.45) is 7.68. The fourth-order valence-corrected chi connectivity index (χ4v) is 2.67. The summed E-state index contributed by atoms with van der Waals surface area (Å²) in [5.41, 5.74) is 7.12. The van der Waals surface area contributed by atoms with Crippen molar-refractivity contribution in [2.45, 2.75) is 45.1 Å². The number of rotatable bonds is 2. The monoisotopic (exact) mass is 244 g/mol. The van der Waals surface area contributed by atoms with E-state index in [1.165, 1.54) is 25.7 Å². The molecule has 1 aromatic heterocycles. The molecule has 0 spiro atoms. The van der Waals surface area contributed by atoms with Gasteiger partial charge in [-0.3, -0.25) is 0 Å². The van der Waals surface area contributed by atoms with Crippen LogP contribution in [-0.2, 0) is 0 Å². The van der Waals surface area contributed by atoms with Crippen LogP contribution in [-0.4, -0.2) is 17.6 Å². The average Bonchev–Trinajstić information content (AvgIpc) is 2.64. The van der Waals surface area contributed by atoms with Crippen LogP contribution in [0, 0.1) is 11.3 Å². The second kappa shape index (κ2) is 5.72. The summed E-state index contributed by atoms with van der Waals surface area (Å²) in [6, 6.07) is 4.31. The van der Waals surface area contributed by atoms with Crippen LogP contribution in [0.5, 0.6) is 0 Å². The standard InChI is InChI=1S/C14H20N4/c1-2-12-6-4-3-5-9-18(12)14-13(16)11(10-15)7-8-17-14/h7-8,12H,2-6,9,16H2,1H3. The molecular formula is C14H20N4. The average molecular weight is 244 g/mol. The summed E-state index contributed by atoms with van der Waals surface area (Å²) in [5.74, 6) is 0.794. The molecule has 0 saturated carbocycles. The highest BCUT2D eigenvalue weighted by Crippen LogP contribution is 2.29. The normalized spacial score (nSPS) is 20.2. The van der Waals surface area contributed by atoms with E-state index < -0.39 is 0 Å². The molecule has 1 aliphatic rings. The predicted octanol–water partition coefficient (Wildman–Crippen LogP) is 2.69. The molecule has 4 nitrogen and oxygen atoms in total. The van der Waals surface area contributed by atoms with Gasteiger partial charge in [0.25, 0.3) is 0 Å². The third kappa shape index (κ3) is 2.40. The van der Waals surface area contributed by atoms with Crippen molar-refractivity contribution in [1.29, 1.82) is 5.26 Å². The van der Waals surface area contributed by atoms with Gasteiger partial charge in [0.15, 0.2) is 5.82 Å². The van der Waals surface area contributed by atoms with Crippen molar-refractivity contribution in [2.75, 3.05) is 17.2 Å². The molecule has 0 aromatic carbocycles. The van der Waals surface area contributed by atoms with Crippen molar-refractivity contribution in [1.82, 2.24) is 4.98 Å². The Bertz CT molecular complexity index is 450. The van der Waals surface area contributed by atoms with Crippen molar-refractivity contribution in [2.24, 2.45) is 0 Å². The van der Waals surface area contributed by atoms with Crippen molar-refractivity contribution in [3.05, 3.63) is 17.8 Å². The summed E-state index contributed by atoms with van der Waals surface area (Å²) in [5, 5.41) is 9.04. The molecular weight excluding hydrogens is 224 g/mol. The Morgan fingerprint density at radius 3 is 3.06 bits per heavy atom. The first kappa shape index (κ1) is 12.7. The molecule has 1 unspecified atom stereocenters. The third-order valence-corrected chi connectivity index (χ3v) is 3.71. The van der Waals surface area contributed by atoms with Crippen molar-refractivity contribution >= 4 is 11.5 Å². The lowest BCUT2D eigenvalue weighted by atomic mass is 10.1. The van der Waals surface area contributed by atoms with Crippen LogP contribution in [0.15, 0.2) is 12.3 Å². The molecule has 1 atom stereocenters. The zero-order chi connectivity index (χ0) is 13.0. The maximum absolute atomic E-state index is 9.04. The van der Waals surface area contributed by atoms with E-state index in [2.05, 4.69) is 22.9 Å². The number of pyridine rings is 1. The molecule has 2 heterocycles. The van der Waals surface area contributed by atoms with Gasteiger partial charge in [-0.05, 0) is 25.3 Å². The Morgan fingerprint density at radius 1 is 1.50 bits per heavy atom. The predicted molar refractivity (Wildman–Crippen MR) is 73.3 cm³/mol. The van der Waals surface area contributed by atoms with E-state index in [1.807, 2.05) is 0 Å². The molecule has 0 aliphatic carbocycles. The number of hydrogen-bond donors (Lipinski definition) is 1. The first-order chi connectivity index (χ1) is 8.77. The van der Waals surface area contributed by atoms with E-state index in [1.54, 1.807) is 12.3 Å².